The Morgan fingerprint density at radius 3 is 2.20 bits per heavy atom. The van der Waals surface area contributed by atoms with Crippen molar-refractivity contribution in [2.75, 3.05) is 13.1 Å². The number of halogens is 3. The zero-order valence-electron chi connectivity index (χ0n) is 22.4. The summed E-state index contributed by atoms with van der Waals surface area (Å²) >= 11 is 0. The fourth-order valence-electron chi connectivity index (χ4n) is 4.81. The van der Waals surface area contributed by atoms with Gasteiger partial charge in [-0.3, -0.25) is 24.7 Å². The SMILES string of the molecule is C[C@@H]1CN(C(=O)Cc2cccc(-c3ccncc3)c2)C[C@H](C)N1Cc1ccc(C(=O)N(O)OC(=O)C(F)(F)F)cc1. The zero-order chi connectivity index (χ0) is 29.7. The van der Waals surface area contributed by atoms with Gasteiger partial charge in [-0.1, -0.05) is 36.4 Å². The van der Waals surface area contributed by atoms with Gasteiger partial charge in [0.25, 0.3) is 0 Å². The first-order valence-electron chi connectivity index (χ1n) is 12.9. The van der Waals surface area contributed by atoms with Crippen LogP contribution in [-0.4, -0.2) is 74.4 Å². The second-order valence-electron chi connectivity index (χ2n) is 9.93. The van der Waals surface area contributed by atoms with E-state index in [2.05, 4.69) is 14.7 Å². The van der Waals surface area contributed by atoms with Gasteiger partial charge in [0.1, 0.15) is 0 Å². The molecule has 0 aliphatic carbocycles. The quantitative estimate of drug-likeness (QED) is 0.349. The Kier molecular flexibility index (Phi) is 9.04. The minimum Gasteiger partial charge on any atom is -0.339 e. The molecule has 0 bridgehead atoms. The smallest absolute Gasteiger partial charge is 0.339 e. The van der Waals surface area contributed by atoms with Crippen molar-refractivity contribution < 1.29 is 37.6 Å². The number of piperazine rings is 1. The van der Waals surface area contributed by atoms with E-state index in [1.807, 2.05) is 55.1 Å². The van der Waals surface area contributed by atoms with Crippen molar-refractivity contribution in [2.45, 2.75) is 45.1 Å². The number of pyridine rings is 1. The molecule has 1 fully saturated rings. The van der Waals surface area contributed by atoms with Crippen molar-refractivity contribution in [2.24, 2.45) is 0 Å². The number of alkyl halides is 3. The number of aromatic nitrogens is 1. The summed E-state index contributed by atoms with van der Waals surface area (Å²) in [6.07, 6.45) is -1.62. The summed E-state index contributed by atoms with van der Waals surface area (Å²) in [6, 6.07) is 17.6. The van der Waals surface area contributed by atoms with E-state index in [0.29, 0.717) is 19.6 Å². The topological polar surface area (TPSA) is 103 Å². The first-order valence-corrected chi connectivity index (χ1v) is 12.9. The number of hydroxylamine groups is 2. The summed E-state index contributed by atoms with van der Waals surface area (Å²) in [7, 11) is 0. The first kappa shape index (κ1) is 29.7. The van der Waals surface area contributed by atoms with E-state index in [4.69, 9.17) is 0 Å². The molecule has 1 aliphatic heterocycles. The van der Waals surface area contributed by atoms with Crippen LogP contribution >= 0.6 is 0 Å². The molecule has 4 rings (SSSR count). The average Bonchev–Trinajstić information content (AvgIpc) is 2.95. The number of rotatable bonds is 6. The molecule has 0 radical (unpaired) electrons. The number of hydrogen-bond acceptors (Lipinski definition) is 7. The molecular formula is C29H29F3N4O5. The Hall–Kier alpha value is -4.29. The van der Waals surface area contributed by atoms with E-state index in [-0.39, 0.29) is 30.0 Å². The van der Waals surface area contributed by atoms with E-state index in [1.54, 1.807) is 24.5 Å². The van der Waals surface area contributed by atoms with Crippen molar-refractivity contribution in [3.8, 4) is 11.1 Å². The Morgan fingerprint density at radius 2 is 1.59 bits per heavy atom. The maximum Gasteiger partial charge on any atom is 0.493 e. The van der Waals surface area contributed by atoms with Crippen LogP contribution in [-0.2, 0) is 27.4 Å². The third kappa shape index (κ3) is 7.47. The highest BCUT2D eigenvalue weighted by Crippen LogP contribution is 2.23. The van der Waals surface area contributed by atoms with Gasteiger partial charge in [-0.15, -0.1) is 0 Å². The molecule has 2 amide bonds. The summed E-state index contributed by atoms with van der Waals surface area (Å²) in [5.74, 6) is -4.00. The minimum absolute atomic E-state index is 0.0295. The lowest BCUT2D eigenvalue weighted by Crippen LogP contribution is -2.57. The van der Waals surface area contributed by atoms with Gasteiger partial charge in [0.2, 0.25) is 5.91 Å². The summed E-state index contributed by atoms with van der Waals surface area (Å²) in [6.45, 7) is 5.62. The van der Waals surface area contributed by atoms with E-state index in [1.165, 1.54) is 12.1 Å². The van der Waals surface area contributed by atoms with E-state index in [9.17, 15) is 32.8 Å². The van der Waals surface area contributed by atoms with Gasteiger partial charge in [0.05, 0.1) is 6.42 Å². The molecule has 2 aromatic carbocycles. The zero-order valence-corrected chi connectivity index (χ0v) is 22.4. The van der Waals surface area contributed by atoms with Gasteiger partial charge in [-0.2, -0.15) is 13.2 Å². The fourth-order valence-corrected chi connectivity index (χ4v) is 4.81. The van der Waals surface area contributed by atoms with Crippen LogP contribution in [0.5, 0.6) is 0 Å². The monoisotopic (exact) mass is 570 g/mol. The molecule has 0 saturated carbocycles. The number of carbonyl (C=O) groups excluding carboxylic acids is 3. The summed E-state index contributed by atoms with van der Waals surface area (Å²) in [4.78, 5) is 47.9. The number of carbonyl (C=O) groups is 3. The molecule has 0 unspecified atom stereocenters. The Balaban J connectivity index is 1.33. The molecule has 216 valence electrons. The van der Waals surface area contributed by atoms with Crippen LogP contribution in [0.15, 0.2) is 73.1 Å². The molecular weight excluding hydrogens is 541 g/mol. The highest BCUT2D eigenvalue weighted by atomic mass is 19.4. The fraction of sp³-hybridized carbons (Fsp3) is 0.310. The van der Waals surface area contributed by atoms with Crippen LogP contribution in [0.1, 0.15) is 35.3 Å². The summed E-state index contributed by atoms with van der Waals surface area (Å²) < 4.78 is 36.9. The maximum atomic E-state index is 13.2. The Labute approximate surface area is 234 Å². The van der Waals surface area contributed by atoms with Crippen LogP contribution in [0.3, 0.4) is 0 Å². The molecule has 9 nitrogen and oxygen atoms in total. The molecule has 1 N–H and O–H groups in total. The third-order valence-corrected chi connectivity index (χ3v) is 6.89. The molecule has 2 heterocycles. The van der Waals surface area contributed by atoms with Crippen LogP contribution < -0.4 is 0 Å². The molecule has 41 heavy (non-hydrogen) atoms. The van der Waals surface area contributed by atoms with E-state index >= 15 is 0 Å². The number of nitrogens with zero attached hydrogens (tertiary/aromatic N) is 4. The van der Waals surface area contributed by atoms with Gasteiger partial charge < -0.3 is 9.74 Å². The first-order chi connectivity index (χ1) is 19.4. The van der Waals surface area contributed by atoms with Crippen molar-refractivity contribution in [3.63, 3.8) is 0 Å². The highest BCUT2D eigenvalue weighted by Gasteiger charge is 2.43. The van der Waals surface area contributed by atoms with Crippen molar-refractivity contribution in [3.05, 3.63) is 89.7 Å². The lowest BCUT2D eigenvalue weighted by Gasteiger charge is -2.44. The minimum atomic E-state index is -5.36. The van der Waals surface area contributed by atoms with Crippen LogP contribution in [0.25, 0.3) is 11.1 Å². The number of hydrogen-bond donors (Lipinski definition) is 1. The third-order valence-electron chi connectivity index (χ3n) is 6.89. The summed E-state index contributed by atoms with van der Waals surface area (Å²) in [5.41, 5.74) is 3.61. The Morgan fingerprint density at radius 1 is 0.951 bits per heavy atom. The number of amides is 2. The molecule has 2 atom stereocenters. The van der Waals surface area contributed by atoms with Crippen molar-refractivity contribution in [1.82, 2.24) is 20.0 Å². The standard InChI is InChI=1S/C29H29F3N4O5/c1-19-16-34(26(37)15-22-4-3-5-25(14-22)23-10-12-33-13-11-23)17-20(2)35(19)18-21-6-8-24(9-7-21)27(38)36(40)41-28(39)29(30,31)32/h3-14,19-20,40H,15-18H2,1-2H3/t19-,20+. The van der Waals surface area contributed by atoms with Gasteiger partial charge >= 0.3 is 18.1 Å². The maximum absolute atomic E-state index is 13.2. The van der Waals surface area contributed by atoms with E-state index in [0.717, 1.165) is 22.3 Å². The second-order valence-corrected chi connectivity index (χ2v) is 9.93. The number of benzene rings is 2. The highest BCUT2D eigenvalue weighted by molar-refractivity contribution is 5.93. The molecule has 0 spiro atoms. The van der Waals surface area contributed by atoms with Crippen LogP contribution in [0, 0.1) is 0 Å². The predicted molar refractivity (Wildman–Crippen MR) is 141 cm³/mol. The van der Waals surface area contributed by atoms with Gasteiger partial charge in [0.15, 0.2) is 0 Å². The molecule has 1 aromatic heterocycles. The molecule has 1 saturated heterocycles. The summed E-state index contributed by atoms with van der Waals surface area (Å²) in [5, 5.41) is 8.70. The Bertz CT molecular complexity index is 1370. The lowest BCUT2D eigenvalue weighted by atomic mass is 10.0. The van der Waals surface area contributed by atoms with Crippen LogP contribution in [0.4, 0.5) is 13.2 Å². The average molecular weight is 571 g/mol. The second kappa shape index (κ2) is 12.5. The van der Waals surface area contributed by atoms with E-state index < -0.39 is 23.3 Å². The van der Waals surface area contributed by atoms with Gasteiger partial charge in [0, 0.05) is 49.7 Å². The van der Waals surface area contributed by atoms with Crippen molar-refractivity contribution >= 4 is 17.8 Å². The largest absolute Gasteiger partial charge is 0.493 e. The van der Waals surface area contributed by atoms with Crippen LogP contribution in [0.2, 0.25) is 0 Å². The molecule has 12 heteroatoms. The lowest BCUT2D eigenvalue weighted by molar-refractivity contribution is -0.301. The van der Waals surface area contributed by atoms with Crippen molar-refractivity contribution in [1.29, 1.82) is 0 Å². The normalized spacial score (nSPS) is 17.7. The molecule has 3 aromatic rings. The van der Waals surface area contributed by atoms with Gasteiger partial charge in [-0.05, 0) is 65.6 Å². The molecule has 1 aliphatic rings. The van der Waals surface area contributed by atoms with Gasteiger partial charge in [-0.25, -0.2) is 4.79 Å². The predicted octanol–water partition coefficient (Wildman–Crippen LogP) is 4.26.